The van der Waals surface area contributed by atoms with Gasteiger partial charge in [0.25, 0.3) is 5.91 Å². The normalized spacial score (nSPS) is 21.7. The number of hydrogen-bond donors (Lipinski definition) is 1. The largest absolute Gasteiger partial charge is 0.481 e. The fourth-order valence-corrected chi connectivity index (χ4v) is 2.97. The van der Waals surface area contributed by atoms with E-state index in [1.54, 1.807) is 13.0 Å². The Balaban J connectivity index is 1.56. The predicted molar refractivity (Wildman–Crippen MR) is 83.8 cm³/mol. The Morgan fingerprint density at radius 2 is 2.14 bits per heavy atom. The minimum Gasteiger partial charge on any atom is -0.481 e. The maximum absolute atomic E-state index is 12.0. The van der Waals surface area contributed by atoms with Crippen molar-refractivity contribution < 1.29 is 13.9 Å². The molecular formula is C17H22N2O3. The summed E-state index contributed by atoms with van der Waals surface area (Å²) in [6.07, 6.45) is 4.49. The summed E-state index contributed by atoms with van der Waals surface area (Å²) in [4.78, 5) is 16.3. The molecule has 3 rings (SSSR count). The highest BCUT2D eigenvalue weighted by Crippen LogP contribution is 2.26. The Morgan fingerprint density at radius 3 is 2.91 bits per heavy atom. The number of benzene rings is 1. The smallest absolute Gasteiger partial charge is 0.258 e. The first-order valence-corrected chi connectivity index (χ1v) is 7.90. The molecule has 1 aromatic carbocycles. The molecule has 0 spiro atoms. The number of rotatable bonds is 4. The Morgan fingerprint density at radius 1 is 1.36 bits per heavy atom. The van der Waals surface area contributed by atoms with Gasteiger partial charge in [0.15, 0.2) is 23.6 Å². The lowest BCUT2D eigenvalue weighted by Crippen LogP contribution is -2.39. The lowest BCUT2D eigenvalue weighted by Gasteiger charge is -2.26. The summed E-state index contributed by atoms with van der Waals surface area (Å²) in [5, 5.41) is 3.06. The molecule has 2 aromatic rings. The summed E-state index contributed by atoms with van der Waals surface area (Å²) in [7, 11) is 0. The van der Waals surface area contributed by atoms with Gasteiger partial charge in [-0.05, 0) is 43.7 Å². The summed E-state index contributed by atoms with van der Waals surface area (Å²) >= 11 is 0. The van der Waals surface area contributed by atoms with E-state index in [2.05, 4.69) is 17.2 Å². The van der Waals surface area contributed by atoms with E-state index >= 15 is 0 Å². The maximum Gasteiger partial charge on any atom is 0.258 e. The summed E-state index contributed by atoms with van der Waals surface area (Å²) in [6.45, 7) is 4.07. The van der Waals surface area contributed by atoms with Crippen molar-refractivity contribution in [3.05, 3.63) is 24.1 Å². The second-order valence-electron chi connectivity index (χ2n) is 6.15. The van der Waals surface area contributed by atoms with Crippen LogP contribution in [0.4, 0.5) is 0 Å². The monoisotopic (exact) mass is 302 g/mol. The number of nitrogens with zero attached hydrogens (tertiary/aromatic N) is 1. The minimum absolute atomic E-state index is 0.0110. The zero-order valence-corrected chi connectivity index (χ0v) is 13.1. The highest BCUT2D eigenvalue weighted by atomic mass is 16.5. The lowest BCUT2D eigenvalue weighted by atomic mass is 9.87. The third-order valence-electron chi connectivity index (χ3n) is 4.23. The number of oxazole rings is 1. The van der Waals surface area contributed by atoms with Crippen molar-refractivity contribution in [2.24, 2.45) is 5.92 Å². The molecule has 5 heteroatoms. The molecular weight excluding hydrogens is 280 g/mol. The number of ether oxygens (including phenoxy) is 1. The molecule has 1 N–H and O–H groups in total. The Kier molecular flexibility index (Phi) is 4.32. The minimum atomic E-state index is -0.0724. The molecule has 1 fully saturated rings. The molecule has 1 aliphatic rings. The molecule has 0 unspecified atom stereocenters. The fourth-order valence-electron chi connectivity index (χ4n) is 2.97. The van der Waals surface area contributed by atoms with Gasteiger partial charge in [-0.25, -0.2) is 4.98 Å². The molecule has 0 bridgehead atoms. The van der Waals surface area contributed by atoms with Gasteiger partial charge in [0.05, 0.1) is 0 Å². The van der Waals surface area contributed by atoms with E-state index in [1.807, 2.05) is 12.1 Å². The summed E-state index contributed by atoms with van der Waals surface area (Å²) < 4.78 is 11.1. The average molecular weight is 302 g/mol. The van der Waals surface area contributed by atoms with Gasteiger partial charge in [-0.15, -0.1) is 0 Å². The zero-order chi connectivity index (χ0) is 15.5. The van der Waals surface area contributed by atoms with E-state index in [-0.39, 0.29) is 18.6 Å². The molecule has 0 saturated heterocycles. The Hall–Kier alpha value is -2.04. The highest BCUT2D eigenvalue weighted by Gasteiger charge is 2.20. The molecule has 5 nitrogen and oxygen atoms in total. The van der Waals surface area contributed by atoms with E-state index in [0.717, 1.165) is 18.8 Å². The summed E-state index contributed by atoms with van der Waals surface area (Å²) in [5.41, 5.74) is 1.34. The highest BCUT2D eigenvalue weighted by molar-refractivity contribution is 5.81. The van der Waals surface area contributed by atoms with Crippen LogP contribution >= 0.6 is 0 Å². The first kappa shape index (κ1) is 14.9. The van der Waals surface area contributed by atoms with Gasteiger partial charge >= 0.3 is 0 Å². The van der Waals surface area contributed by atoms with E-state index < -0.39 is 0 Å². The van der Waals surface area contributed by atoms with E-state index in [9.17, 15) is 4.79 Å². The van der Waals surface area contributed by atoms with Crippen LogP contribution in [0.25, 0.3) is 11.1 Å². The summed E-state index contributed by atoms with van der Waals surface area (Å²) in [5.74, 6) is 1.88. The second-order valence-corrected chi connectivity index (χ2v) is 6.15. The molecule has 1 amide bonds. The second kappa shape index (κ2) is 6.38. The Bertz CT molecular complexity index is 657. The molecule has 0 atom stereocenters. The van der Waals surface area contributed by atoms with Crippen LogP contribution in [-0.4, -0.2) is 23.5 Å². The molecule has 1 aromatic heterocycles. The number of hydrogen-bond acceptors (Lipinski definition) is 4. The molecule has 0 aliphatic heterocycles. The molecule has 0 radical (unpaired) electrons. The maximum atomic E-state index is 12.0. The van der Waals surface area contributed by atoms with Gasteiger partial charge in [-0.1, -0.05) is 13.0 Å². The van der Waals surface area contributed by atoms with Crippen molar-refractivity contribution in [3.63, 3.8) is 0 Å². The van der Waals surface area contributed by atoms with Crippen LogP contribution in [0.3, 0.4) is 0 Å². The van der Waals surface area contributed by atoms with Crippen molar-refractivity contribution in [1.82, 2.24) is 10.3 Å². The summed E-state index contributed by atoms with van der Waals surface area (Å²) in [6, 6.07) is 5.77. The Labute approximate surface area is 130 Å². The number of aryl methyl sites for hydroxylation is 1. The SMILES string of the molecule is Cc1nc2c(OCC(=O)NC3CCC(C)CC3)cccc2o1. The van der Waals surface area contributed by atoms with Crippen molar-refractivity contribution >= 4 is 17.0 Å². The third kappa shape index (κ3) is 3.40. The average Bonchev–Trinajstić information content (AvgIpc) is 2.88. The van der Waals surface area contributed by atoms with Gasteiger partial charge in [-0.3, -0.25) is 4.79 Å². The molecule has 118 valence electrons. The lowest BCUT2D eigenvalue weighted by molar-refractivity contribution is -0.124. The van der Waals surface area contributed by atoms with Crippen molar-refractivity contribution in [1.29, 1.82) is 0 Å². The van der Waals surface area contributed by atoms with Crippen LogP contribution in [0.2, 0.25) is 0 Å². The van der Waals surface area contributed by atoms with E-state index in [1.165, 1.54) is 12.8 Å². The van der Waals surface area contributed by atoms with Crippen molar-refractivity contribution in [3.8, 4) is 5.75 Å². The number of carbonyl (C=O) groups excluding carboxylic acids is 1. The van der Waals surface area contributed by atoms with Crippen molar-refractivity contribution in [2.45, 2.75) is 45.6 Å². The van der Waals surface area contributed by atoms with Crippen LogP contribution in [0, 0.1) is 12.8 Å². The molecule has 22 heavy (non-hydrogen) atoms. The number of amides is 1. The number of para-hydroxylation sites is 1. The third-order valence-corrected chi connectivity index (χ3v) is 4.23. The van der Waals surface area contributed by atoms with Gasteiger partial charge in [0, 0.05) is 13.0 Å². The molecule has 1 aliphatic carbocycles. The number of nitrogens with one attached hydrogen (secondary N) is 1. The zero-order valence-electron chi connectivity index (χ0n) is 13.1. The van der Waals surface area contributed by atoms with Crippen molar-refractivity contribution in [2.75, 3.05) is 6.61 Å². The van der Waals surface area contributed by atoms with Crippen LogP contribution in [0.15, 0.2) is 22.6 Å². The number of aromatic nitrogens is 1. The topological polar surface area (TPSA) is 64.4 Å². The quantitative estimate of drug-likeness (QED) is 0.942. The van der Waals surface area contributed by atoms with Crippen LogP contribution in [-0.2, 0) is 4.79 Å². The molecule has 1 saturated carbocycles. The van der Waals surface area contributed by atoms with Crippen LogP contribution in [0.5, 0.6) is 5.75 Å². The van der Waals surface area contributed by atoms with Gasteiger partial charge in [0.1, 0.15) is 5.75 Å². The van der Waals surface area contributed by atoms with Crippen LogP contribution in [0.1, 0.15) is 38.5 Å². The van der Waals surface area contributed by atoms with Crippen LogP contribution < -0.4 is 10.1 Å². The fraction of sp³-hybridized carbons (Fsp3) is 0.529. The van der Waals surface area contributed by atoms with Gasteiger partial charge in [0.2, 0.25) is 0 Å². The van der Waals surface area contributed by atoms with E-state index in [0.29, 0.717) is 22.7 Å². The number of carbonyl (C=O) groups is 1. The predicted octanol–water partition coefficient (Wildman–Crippen LogP) is 3.21. The van der Waals surface area contributed by atoms with E-state index in [4.69, 9.17) is 9.15 Å². The van der Waals surface area contributed by atoms with Gasteiger partial charge in [-0.2, -0.15) is 0 Å². The standard InChI is InChI=1S/C17H22N2O3/c1-11-6-8-13(9-7-11)19-16(20)10-21-14-4-3-5-15-17(14)18-12(2)22-15/h3-5,11,13H,6-10H2,1-2H3,(H,19,20). The first-order valence-electron chi connectivity index (χ1n) is 7.90. The van der Waals surface area contributed by atoms with Gasteiger partial charge < -0.3 is 14.5 Å². The molecule has 1 heterocycles. The first-order chi connectivity index (χ1) is 10.6. The number of fused-ring (bicyclic) bond motifs is 1.